The van der Waals surface area contributed by atoms with E-state index in [1.807, 2.05) is 29.3 Å². The van der Waals surface area contributed by atoms with Crippen LogP contribution in [0.25, 0.3) is 16.8 Å². The molecule has 0 radical (unpaired) electrons. The Kier molecular flexibility index (Phi) is 4.05. The fourth-order valence-electron chi connectivity index (χ4n) is 5.65. The Bertz CT molecular complexity index is 1410. The Balaban J connectivity index is 1.25. The second-order valence-electron chi connectivity index (χ2n) is 9.41. The maximum atomic E-state index is 14.8. The molecule has 1 aliphatic carbocycles. The van der Waals surface area contributed by atoms with Crippen molar-refractivity contribution in [2.45, 2.75) is 24.6 Å². The van der Waals surface area contributed by atoms with Gasteiger partial charge >= 0.3 is 0 Å². The number of benzene rings is 1. The summed E-state index contributed by atoms with van der Waals surface area (Å²) in [6.07, 6.45) is 6.25. The summed E-state index contributed by atoms with van der Waals surface area (Å²) in [5.74, 6) is 0.944. The first-order valence-corrected chi connectivity index (χ1v) is 11.5. The molecule has 3 aromatic heterocycles. The molecule has 3 fully saturated rings. The van der Waals surface area contributed by atoms with E-state index in [0.717, 1.165) is 48.2 Å². The second-order valence-corrected chi connectivity index (χ2v) is 9.41. The van der Waals surface area contributed by atoms with Crippen LogP contribution in [-0.4, -0.2) is 45.4 Å². The van der Waals surface area contributed by atoms with Crippen LogP contribution in [-0.2, 0) is 5.54 Å². The molecule has 3 aliphatic rings. The first-order valence-electron chi connectivity index (χ1n) is 11.5. The molecule has 2 aliphatic heterocycles. The summed E-state index contributed by atoms with van der Waals surface area (Å²) in [6, 6.07) is 9.39. The number of pyridine rings is 1. The third-order valence-electron chi connectivity index (χ3n) is 7.50. The maximum Gasteiger partial charge on any atom is 0.165 e. The lowest BCUT2D eigenvalue weighted by molar-refractivity contribution is 0.273. The van der Waals surface area contributed by atoms with Crippen molar-refractivity contribution in [2.75, 3.05) is 29.4 Å². The molecule has 5 heterocycles. The topological polar surface area (TPSA) is 49.6 Å². The summed E-state index contributed by atoms with van der Waals surface area (Å²) in [6.45, 7) is 1.48. The van der Waals surface area contributed by atoms with Crippen LogP contribution in [0, 0.1) is 17.6 Å². The van der Waals surface area contributed by atoms with E-state index < -0.39 is 17.5 Å². The van der Waals surface area contributed by atoms with Gasteiger partial charge in [0.15, 0.2) is 5.65 Å². The highest BCUT2D eigenvalue weighted by Crippen LogP contribution is 2.63. The predicted octanol–water partition coefficient (Wildman–Crippen LogP) is 4.35. The molecule has 172 valence electrons. The second kappa shape index (κ2) is 6.94. The molecule has 6 nitrogen and oxygen atoms in total. The molecule has 1 saturated carbocycles. The molecular weight excluding hydrogens is 441 g/mol. The summed E-state index contributed by atoms with van der Waals surface area (Å²) < 4.78 is 43.6. The molecular formula is C25H21F3N6. The van der Waals surface area contributed by atoms with Gasteiger partial charge < -0.3 is 9.80 Å². The molecule has 34 heavy (non-hydrogen) atoms. The molecule has 2 saturated heterocycles. The molecule has 7 rings (SSSR count). The predicted molar refractivity (Wildman–Crippen MR) is 121 cm³/mol. The van der Waals surface area contributed by atoms with E-state index in [-0.39, 0.29) is 11.7 Å². The summed E-state index contributed by atoms with van der Waals surface area (Å²) in [7, 11) is 0. The quantitative estimate of drug-likeness (QED) is 0.451. The largest absolute Gasteiger partial charge is 0.351 e. The van der Waals surface area contributed by atoms with E-state index in [0.29, 0.717) is 24.3 Å². The van der Waals surface area contributed by atoms with E-state index >= 15 is 0 Å². The van der Waals surface area contributed by atoms with Crippen LogP contribution < -0.4 is 9.80 Å². The van der Waals surface area contributed by atoms with Crippen LogP contribution in [0.1, 0.15) is 18.4 Å². The number of hydrogen-bond acceptors (Lipinski definition) is 5. The Labute approximate surface area is 193 Å². The number of rotatable bonds is 4. The standard InChI is InChI=1S/C25H21F3N6/c26-17-2-3-21(28)20(9-17)25-10-16(25)5-7-33(25)23-6-8-34-24(31-23)19(12-30-34)15-1-4-22(29-11-15)32-13-18(27)14-32/h1-4,6,8-9,11-12,16,18H,5,7,10,13-14H2/t16-,25+/m0/s1. The lowest BCUT2D eigenvalue weighted by Crippen LogP contribution is -2.48. The Morgan fingerprint density at radius 3 is 2.65 bits per heavy atom. The lowest BCUT2D eigenvalue weighted by Gasteiger charge is -2.35. The van der Waals surface area contributed by atoms with Gasteiger partial charge in [-0.15, -0.1) is 0 Å². The number of anilines is 2. The van der Waals surface area contributed by atoms with Crippen LogP contribution in [0.2, 0.25) is 0 Å². The smallest absolute Gasteiger partial charge is 0.165 e. The summed E-state index contributed by atoms with van der Waals surface area (Å²) in [4.78, 5) is 13.4. The zero-order valence-electron chi connectivity index (χ0n) is 18.2. The summed E-state index contributed by atoms with van der Waals surface area (Å²) in [5.41, 5.74) is 2.21. The monoisotopic (exact) mass is 462 g/mol. The minimum atomic E-state index is -0.787. The van der Waals surface area contributed by atoms with Gasteiger partial charge in [-0.2, -0.15) is 5.10 Å². The number of aromatic nitrogens is 4. The molecule has 0 bridgehead atoms. The number of hydrogen-bond donors (Lipinski definition) is 0. The van der Waals surface area contributed by atoms with Crippen molar-refractivity contribution in [2.24, 2.45) is 5.92 Å². The maximum absolute atomic E-state index is 14.8. The van der Waals surface area contributed by atoms with Gasteiger partial charge in [0.05, 0.1) is 24.8 Å². The minimum absolute atomic E-state index is 0.286. The van der Waals surface area contributed by atoms with Crippen molar-refractivity contribution in [3.63, 3.8) is 0 Å². The van der Waals surface area contributed by atoms with Crippen LogP contribution >= 0.6 is 0 Å². The Morgan fingerprint density at radius 2 is 1.88 bits per heavy atom. The van der Waals surface area contributed by atoms with Crippen molar-refractivity contribution in [1.82, 2.24) is 19.6 Å². The van der Waals surface area contributed by atoms with Crippen LogP contribution in [0.5, 0.6) is 0 Å². The fourth-order valence-corrected chi connectivity index (χ4v) is 5.65. The van der Waals surface area contributed by atoms with Gasteiger partial charge in [0.2, 0.25) is 0 Å². The molecule has 0 N–H and O–H groups in total. The average molecular weight is 462 g/mol. The minimum Gasteiger partial charge on any atom is -0.351 e. The zero-order chi connectivity index (χ0) is 23.0. The molecule has 0 unspecified atom stereocenters. The molecule has 9 heteroatoms. The van der Waals surface area contributed by atoms with Crippen molar-refractivity contribution in [1.29, 1.82) is 0 Å². The average Bonchev–Trinajstić information content (AvgIpc) is 3.20. The molecule has 0 amide bonds. The SMILES string of the molecule is Fc1ccc(F)c([C@@]23C[C@@H]2CCN3c2ccn3ncc(-c4ccc(N5CC(F)C5)nc4)c3n2)c1. The Morgan fingerprint density at radius 1 is 1.00 bits per heavy atom. The van der Waals surface area contributed by atoms with Gasteiger partial charge in [0.25, 0.3) is 0 Å². The van der Waals surface area contributed by atoms with E-state index in [9.17, 15) is 13.2 Å². The molecule has 0 spiro atoms. The van der Waals surface area contributed by atoms with Gasteiger partial charge in [0, 0.05) is 35.6 Å². The number of nitrogens with zero attached hydrogens (tertiary/aromatic N) is 6. The van der Waals surface area contributed by atoms with Crippen LogP contribution in [0.4, 0.5) is 24.8 Å². The summed E-state index contributed by atoms with van der Waals surface area (Å²) in [5, 5.41) is 4.43. The van der Waals surface area contributed by atoms with E-state index in [4.69, 9.17) is 4.98 Å². The summed E-state index contributed by atoms with van der Waals surface area (Å²) >= 11 is 0. The molecule has 4 aromatic rings. The number of alkyl halides is 1. The highest BCUT2D eigenvalue weighted by Gasteiger charge is 2.64. The third kappa shape index (κ3) is 2.79. The van der Waals surface area contributed by atoms with Gasteiger partial charge in [-0.3, -0.25) is 0 Å². The van der Waals surface area contributed by atoms with Gasteiger partial charge in [-0.1, -0.05) is 0 Å². The normalized spacial score (nSPS) is 23.9. The zero-order valence-corrected chi connectivity index (χ0v) is 18.2. The number of piperidine rings is 1. The van der Waals surface area contributed by atoms with Crippen molar-refractivity contribution in [3.05, 3.63) is 72.2 Å². The van der Waals surface area contributed by atoms with Crippen molar-refractivity contribution in [3.8, 4) is 11.1 Å². The van der Waals surface area contributed by atoms with Crippen LogP contribution in [0.3, 0.4) is 0 Å². The fraction of sp³-hybridized carbons (Fsp3) is 0.320. The first-order chi connectivity index (χ1) is 16.5. The van der Waals surface area contributed by atoms with E-state index in [1.54, 1.807) is 16.9 Å². The number of halogens is 3. The highest BCUT2D eigenvalue weighted by molar-refractivity contribution is 5.78. The van der Waals surface area contributed by atoms with Crippen molar-refractivity contribution < 1.29 is 13.2 Å². The Hall–Kier alpha value is -3.62. The van der Waals surface area contributed by atoms with Crippen LogP contribution in [0.15, 0.2) is 55.0 Å². The number of fused-ring (bicyclic) bond motifs is 2. The van der Waals surface area contributed by atoms with E-state index in [1.165, 1.54) is 12.1 Å². The van der Waals surface area contributed by atoms with Gasteiger partial charge in [0.1, 0.15) is 29.4 Å². The first kappa shape index (κ1) is 19.8. The molecule has 2 atom stereocenters. The molecule has 1 aromatic carbocycles. The van der Waals surface area contributed by atoms with Crippen molar-refractivity contribution >= 4 is 17.3 Å². The van der Waals surface area contributed by atoms with Gasteiger partial charge in [-0.05, 0) is 55.2 Å². The lowest BCUT2D eigenvalue weighted by atomic mass is 10.0. The van der Waals surface area contributed by atoms with Gasteiger partial charge in [-0.25, -0.2) is 27.7 Å². The highest BCUT2D eigenvalue weighted by atomic mass is 19.1. The van der Waals surface area contributed by atoms with E-state index in [2.05, 4.69) is 15.0 Å². The third-order valence-corrected chi connectivity index (χ3v) is 7.50.